The van der Waals surface area contributed by atoms with Crippen LogP contribution in [-0.2, 0) is 27.0 Å². The first-order valence-corrected chi connectivity index (χ1v) is 10.9. The summed E-state index contributed by atoms with van der Waals surface area (Å²) in [5.41, 5.74) is 4.31. The molecule has 1 fully saturated rings. The number of amides is 2. The molecule has 0 radical (unpaired) electrons. The van der Waals surface area contributed by atoms with Gasteiger partial charge in [-0.15, -0.1) is 0 Å². The summed E-state index contributed by atoms with van der Waals surface area (Å²) in [7, 11) is 0. The van der Waals surface area contributed by atoms with Crippen LogP contribution in [0.1, 0.15) is 17.5 Å². The van der Waals surface area contributed by atoms with E-state index in [0.29, 0.717) is 17.9 Å². The highest BCUT2D eigenvalue weighted by molar-refractivity contribution is 6.13. The Kier molecular flexibility index (Phi) is 8.49. The van der Waals surface area contributed by atoms with Crippen LogP contribution in [0.3, 0.4) is 0 Å². The number of aliphatic imine (C=N–C) groups is 1. The second-order valence-electron chi connectivity index (χ2n) is 8.03. The lowest BCUT2D eigenvalue weighted by atomic mass is 9.96. The largest absolute Gasteiger partial charge is 0.418 e. The molecule has 11 heteroatoms. The zero-order chi connectivity index (χ0) is 26.2. The van der Waals surface area contributed by atoms with E-state index in [1.807, 2.05) is 0 Å². The fraction of sp³-hybridized carbons (Fsp3) is 0.240. The molecular weight excluding hydrogens is 475 g/mol. The van der Waals surface area contributed by atoms with Crippen molar-refractivity contribution in [2.45, 2.75) is 24.7 Å². The number of hydrogen-bond donors (Lipinski definition) is 4. The fourth-order valence-electron chi connectivity index (χ4n) is 3.49. The molecule has 2 amide bonds. The molecule has 8 nitrogen and oxygen atoms in total. The van der Waals surface area contributed by atoms with Gasteiger partial charge in [0, 0.05) is 43.9 Å². The topological polar surface area (TPSA) is 118 Å². The molecule has 1 atom stereocenters. The number of benzene rings is 2. The second kappa shape index (κ2) is 11.5. The molecule has 0 spiro atoms. The highest BCUT2D eigenvalue weighted by Crippen LogP contribution is 2.35. The number of hydrogen-bond acceptors (Lipinski definition) is 6. The van der Waals surface area contributed by atoms with Gasteiger partial charge in [0.05, 0.1) is 23.4 Å². The van der Waals surface area contributed by atoms with Gasteiger partial charge in [-0.1, -0.05) is 30.8 Å². The minimum absolute atomic E-state index is 0.000822. The van der Waals surface area contributed by atoms with Gasteiger partial charge in [-0.3, -0.25) is 14.6 Å². The monoisotopic (exact) mass is 501 g/mol. The zero-order valence-electron chi connectivity index (χ0n) is 19.3. The Labute approximate surface area is 206 Å². The molecule has 36 heavy (non-hydrogen) atoms. The number of halogens is 3. The number of nitrogens with two attached hydrogens (primary N) is 1. The fourth-order valence-corrected chi connectivity index (χ4v) is 3.49. The molecule has 0 unspecified atom stereocenters. The number of anilines is 2. The predicted molar refractivity (Wildman–Crippen MR) is 130 cm³/mol. The maximum absolute atomic E-state index is 13.2. The third kappa shape index (κ3) is 6.72. The molecular formula is C25H26F3N5O3. The van der Waals surface area contributed by atoms with Crippen molar-refractivity contribution in [3.8, 4) is 0 Å². The Morgan fingerprint density at radius 3 is 2.53 bits per heavy atom. The first-order chi connectivity index (χ1) is 17.1. The van der Waals surface area contributed by atoms with E-state index in [4.69, 9.17) is 10.5 Å². The number of carbonyl (C=O) groups excluding carboxylic acids is 2. The minimum atomic E-state index is -4.48. The van der Waals surface area contributed by atoms with Crippen LogP contribution in [0.4, 0.5) is 24.5 Å². The molecule has 0 aliphatic carbocycles. The predicted octanol–water partition coefficient (Wildman–Crippen LogP) is 3.40. The number of carbonyl (C=O) groups is 2. The molecule has 5 N–H and O–H groups in total. The Morgan fingerprint density at radius 2 is 1.89 bits per heavy atom. The molecule has 1 aliphatic rings. The average molecular weight is 502 g/mol. The Balaban J connectivity index is 1.62. The maximum Gasteiger partial charge on any atom is 0.418 e. The van der Waals surface area contributed by atoms with Crippen molar-refractivity contribution < 1.29 is 27.5 Å². The Bertz CT molecular complexity index is 1150. The van der Waals surface area contributed by atoms with E-state index in [0.717, 1.165) is 6.07 Å². The van der Waals surface area contributed by atoms with Crippen LogP contribution in [0.2, 0.25) is 0 Å². The average Bonchev–Trinajstić information content (AvgIpc) is 3.33. The normalized spacial score (nSPS) is 17.9. The van der Waals surface area contributed by atoms with Crippen molar-refractivity contribution >= 4 is 29.4 Å². The summed E-state index contributed by atoms with van der Waals surface area (Å²) in [5, 5.41) is 8.24. The zero-order valence-corrected chi connectivity index (χ0v) is 19.3. The van der Waals surface area contributed by atoms with Gasteiger partial charge in [0.15, 0.2) is 0 Å². The summed E-state index contributed by atoms with van der Waals surface area (Å²) in [4.78, 5) is 29.3. The lowest BCUT2D eigenvalue weighted by molar-refractivity contribution is -0.137. The van der Waals surface area contributed by atoms with E-state index in [2.05, 4.69) is 27.5 Å². The first kappa shape index (κ1) is 26.5. The summed E-state index contributed by atoms with van der Waals surface area (Å²) in [5.74, 6) is -0.999. The quantitative estimate of drug-likeness (QED) is 0.310. The van der Waals surface area contributed by atoms with Gasteiger partial charge in [0.2, 0.25) is 5.91 Å². The second-order valence-corrected chi connectivity index (χ2v) is 8.03. The molecule has 190 valence electrons. The number of ether oxygens (including phenoxy) is 1. The van der Waals surface area contributed by atoms with Gasteiger partial charge in [-0.2, -0.15) is 13.2 Å². The summed E-state index contributed by atoms with van der Waals surface area (Å²) in [6.45, 7) is 4.07. The minimum Gasteiger partial charge on any atom is -0.403 e. The van der Waals surface area contributed by atoms with Crippen LogP contribution in [-0.4, -0.2) is 36.8 Å². The van der Waals surface area contributed by atoms with Crippen molar-refractivity contribution in [2.24, 2.45) is 10.7 Å². The summed E-state index contributed by atoms with van der Waals surface area (Å²) >= 11 is 0. The van der Waals surface area contributed by atoms with Crippen molar-refractivity contribution in [3.05, 3.63) is 84.2 Å². The summed E-state index contributed by atoms with van der Waals surface area (Å²) < 4.78 is 45.0. The number of nitrogens with one attached hydrogen (secondary N) is 3. The van der Waals surface area contributed by atoms with Crippen LogP contribution in [0.15, 0.2) is 78.1 Å². The number of rotatable bonds is 9. The van der Waals surface area contributed by atoms with Gasteiger partial charge in [0.1, 0.15) is 5.54 Å². The van der Waals surface area contributed by atoms with Gasteiger partial charge in [-0.05, 0) is 29.8 Å². The van der Waals surface area contributed by atoms with E-state index >= 15 is 0 Å². The van der Waals surface area contributed by atoms with Crippen molar-refractivity contribution in [2.75, 3.05) is 18.5 Å². The third-order valence-corrected chi connectivity index (χ3v) is 5.42. The summed E-state index contributed by atoms with van der Waals surface area (Å²) in [6.07, 6.45) is -0.493. The van der Waals surface area contributed by atoms with Crippen LogP contribution in [0.25, 0.3) is 0 Å². The molecule has 0 bridgehead atoms. The Morgan fingerprint density at radius 1 is 1.17 bits per heavy atom. The number of para-hydroxylation sites is 1. The van der Waals surface area contributed by atoms with Gasteiger partial charge in [0.25, 0.3) is 5.91 Å². The molecule has 1 saturated heterocycles. The maximum atomic E-state index is 13.2. The van der Waals surface area contributed by atoms with Crippen molar-refractivity contribution in [1.29, 1.82) is 0 Å². The van der Waals surface area contributed by atoms with E-state index in [9.17, 15) is 22.8 Å². The molecule has 3 rings (SSSR count). The number of alkyl halides is 3. The summed E-state index contributed by atoms with van der Waals surface area (Å²) in [6, 6.07) is 11.8. The van der Waals surface area contributed by atoms with Crippen molar-refractivity contribution in [3.63, 3.8) is 0 Å². The highest BCUT2D eigenvalue weighted by atomic mass is 19.4. The molecule has 1 heterocycles. The third-order valence-electron chi connectivity index (χ3n) is 5.42. The van der Waals surface area contributed by atoms with E-state index in [1.54, 1.807) is 24.3 Å². The first-order valence-electron chi connectivity index (χ1n) is 10.9. The van der Waals surface area contributed by atoms with E-state index < -0.39 is 29.1 Å². The van der Waals surface area contributed by atoms with E-state index in [1.165, 1.54) is 36.8 Å². The lowest BCUT2D eigenvalue weighted by Gasteiger charge is -2.27. The van der Waals surface area contributed by atoms with Crippen LogP contribution < -0.4 is 21.7 Å². The van der Waals surface area contributed by atoms with Gasteiger partial charge < -0.3 is 26.4 Å². The lowest BCUT2D eigenvalue weighted by Crippen LogP contribution is -2.59. The smallest absolute Gasteiger partial charge is 0.403 e. The van der Waals surface area contributed by atoms with Gasteiger partial charge >= 0.3 is 6.18 Å². The Hall–Kier alpha value is -4.12. The van der Waals surface area contributed by atoms with Gasteiger partial charge in [-0.25, -0.2) is 0 Å². The molecule has 0 aromatic heterocycles. The number of nitrogens with zero attached hydrogens (tertiary/aromatic N) is 1. The van der Waals surface area contributed by atoms with Crippen LogP contribution >= 0.6 is 0 Å². The standard InChI is InChI=1S/C25H26F3N5O3/c1-17(14-30-12-11-29)22(34)33-24(10-13-36-16-24)23(35)31-15-18-6-8-19(9-7-18)32-21-5-3-2-4-20(21)25(26,27)28/h2-9,11-12,14,32H,1,10,13,15-16,29H2,(H,31,35)(H,33,34)/b12-11-,30-14?/t24-/m0/s1. The molecule has 2 aromatic rings. The van der Waals surface area contributed by atoms with Crippen molar-refractivity contribution in [1.82, 2.24) is 10.6 Å². The highest BCUT2D eigenvalue weighted by Gasteiger charge is 2.43. The van der Waals surface area contributed by atoms with E-state index in [-0.39, 0.29) is 30.8 Å². The van der Waals surface area contributed by atoms with Crippen LogP contribution in [0.5, 0.6) is 0 Å². The SMILES string of the molecule is C=C(C=N/C=C\N)C(=O)N[C@@]1(C(=O)NCc2ccc(Nc3ccccc3C(F)(F)F)cc2)CCOC1. The van der Waals surface area contributed by atoms with Crippen LogP contribution in [0, 0.1) is 0 Å². The molecule has 2 aromatic carbocycles. The molecule has 1 aliphatic heterocycles. The molecule has 0 saturated carbocycles.